The molecule has 1 aromatic heterocycles. The van der Waals surface area contributed by atoms with E-state index in [1.807, 2.05) is 24.3 Å². The highest BCUT2D eigenvalue weighted by molar-refractivity contribution is 5.79. The average molecular weight is 489 g/mol. The minimum absolute atomic E-state index is 0.0107. The summed E-state index contributed by atoms with van der Waals surface area (Å²) in [6.45, 7) is 1.82. The molecule has 0 radical (unpaired) electrons. The van der Waals surface area contributed by atoms with Crippen molar-refractivity contribution in [2.75, 3.05) is 27.2 Å². The first-order valence-electron chi connectivity index (χ1n) is 11.2. The SMILES string of the molecule is CO[C@@H]1CN(Cc2ccc(C(F)(F)F)cc2)CC[C@@H]1N(C)C(=O)Cc1ccc(-n2cnnn2)cc1. The number of piperidine rings is 1. The largest absolute Gasteiger partial charge is 0.416 e. The van der Waals surface area contributed by atoms with Gasteiger partial charge >= 0.3 is 6.18 Å². The maximum absolute atomic E-state index is 13.0. The molecule has 1 aliphatic heterocycles. The Bertz CT molecular complexity index is 1100. The summed E-state index contributed by atoms with van der Waals surface area (Å²) >= 11 is 0. The lowest BCUT2D eigenvalue weighted by Crippen LogP contribution is -2.55. The van der Waals surface area contributed by atoms with Crippen LogP contribution in [0.1, 0.15) is 23.1 Å². The second kappa shape index (κ2) is 10.5. The van der Waals surface area contributed by atoms with Gasteiger partial charge in [0.1, 0.15) is 6.33 Å². The Hall–Kier alpha value is -3.31. The van der Waals surface area contributed by atoms with E-state index in [-0.39, 0.29) is 24.5 Å². The fourth-order valence-electron chi connectivity index (χ4n) is 4.37. The number of alkyl halides is 3. The molecule has 1 saturated heterocycles. The average Bonchev–Trinajstić information content (AvgIpc) is 3.39. The van der Waals surface area contributed by atoms with Gasteiger partial charge in [-0.3, -0.25) is 9.69 Å². The molecule has 35 heavy (non-hydrogen) atoms. The molecule has 1 aliphatic rings. The Morgan fingerprint density at radius 3 is 2.40 bits per heavy atom. The Kier molecular flexibility index (Phi) is 7.46. The van der Waals surface area contributed by atoms with E-state index in [1.165, 1.54) is 18.5 Å². The van der Waals surface area contributed by atoms with Gasteiger partial charge in [-0.1, -0.05) is 24.3 Å². The fourth-order valence-corrected chi connectivity index (χ4v) is 4.37. The topological polar surface area (TPSA) is 76.4 Å². The van der Waals surface area contributed by atoms with Crippen LogP contribution in [0.15, 0.2) is 54.9 Å². The zero-order valence-electron chi connectivity index (χ0n) is 19.5. The number of halogens is 3. The maximum Gasteiger partial charge on any atom is 0.416 e. The number of likely N-dealkylation sites (tertiary alicyclic amines) is 1. The van der Waals surface area contributed by atoms with Gasteiger partial charge in [-0.15, -0.1) is 5.10 Å². The van der Waals surface area contributed by atoms with Gasteiger partial charge in [0.15, 0.2) is 0 Å². The van der Waals surface area contributed by atoms with E-state index in [1.54, 1.807) is 23.7 Å². The normalized spacial score (nSPS) is 19.0. The molecule has 186 valence electrons. The van der Waals surface area contributed by atoms with Crippen molar-refractivity contribution in [3.63, 3.8) is 0 Å². The van der Waals surface area contributed by atoms with Crippen LogP contribution < -0.4 is 0 Å². The molecule has 1 fully saturated rings. The molecule has 4 rings (SSSR count). The number of rotatable bonds is 7. The van der Waals surface area contributed by atoms with Crippen molar-refractivity contribution in [3.05, 3.63) is 71.5 Å². The minimum atomic E-state index is -4.34. The van der Waals surface area contributed by atoms with Crippen LogP contribution in [0.4, 0.5) is 13.2 Å². The Morgan fingerprint density at radius 2 is 1.80 bits per heavy atom. The van der Waals surface area contributed by atoms with Crippen molar-refractivity contribution in [2.45, 2.75) is 37.7 Å². The van der Waals surface area contributed by atoms with Crippen LogP contribution in [-0.2, 0) is 28.7 Å². The predicted octanol–water partition coefficient (Wildman–Crippen LogP) is 2.97. The van der Waals surface area contributed by atoms with Crippen LogP contribution in [-0.4, -0.2) is 75.3 Å². The molecule has 3 aromatic rings. The van der Waals surface area contributed by atoms with Gasteiger partial charge in [-0.2, -0.15) is 13.2 Å². The van der Waals surface area contributed by atoms with Gasteiger partial charge in [0.05, 0.1) is 29.8 Å². The smallest absolute Gasteiger partial charge is 0.378 e. The summed E-state index contributed by atoms with van der Waals surface area (Å²) in [4.78, 5) is 16.9. The Labute approximate surface area is 201 Å². The van der Waals surface area contributed by atoms with E-state index >= 15 is 0 Å². The number of ether oxygens (including phenoxy) is 1. The van der Waals surface area contributed by atoms with Crippen LogP contribution in [0, 0.1) is 0 Å². The lowest BCUT2D eigenvalue weighted by atomic mass is 9.98. The third-order valence-electron chi connectivity index (χ3n) is 6.39. The summed E-state index contributed by atoms with van der Waals surface area (Å²) in [6.07, 6.45) is -2.07. The molecule has 1 amide bonds. The molecule has 2 atom stereocenters. The summed E-state index contributed by atoms with van der Waals surface area (Å²) in [5.74, 6) is -0.0107. The van der Waals surface area contributed by atoms with Crippen LogP contribution in [0.25, 0.3) is 5.69 Å². The zero-order chi connectivity index (χ0) is 25.0. The molecule has 0 unspecified atom stereocenters. The van der Waals surface area contributed by atoms with Gasteiger partial charge in [-0.25, -0.2) is 4.68 Å². The highest BCUT2D eigenvalue weighted by atomic mass is 19.4. The monoisotopic (exact) mass is 488 g/mol. The number of nitrogens with zero attached hydrogens (tertiary/aromatic N) is 6. The minimum Gasteiger partial charge on any atom is -0.378 e. The quantitative estimate of drug-likeness (QED) is 0.509. The molecule has 2 heterocycles. The van der Waals surface area contributed by atoms with Crippen molar-refractivity contribution in [1.29, 1.82) is 0 Å². The molecule has 0 bridgehead atoms. The first-order chi connectivity index (χ1) is 16.7. The fraction of sp³-hybridized carbons (Fsp3) is 0.417. The molecule has 0 N–H and O–H groups in total. The number of tetrazole rings is 1. The number of hydrogen-bond acceptors (Lipinski definition) is 6. The van der Waals surface area contributed by atoms with E-state index < -0.39 is 11.7 Å². The molecule has 8 nitrogen and oxygen atoms in total. The van der Waals surface area contributed by atoms with Crippen LogP contribution in [0.3, 0.4) is 0 Å². The third kappa shape index (κ3) is 6.04. The van der Waals surface area contributed by atoms with Gasteiger partial charge < -0.3 is 9.64 Å². The zero-order valence-corrected chi connectivity index (χ0v) is 19.5. The van der Waals surface area contributed by atoms with Crippen molar-refractivity contribution in [2.24, 2.45) is 0 Å². The first kappa shape index (κ1) is 24.8. The van der Waals surface area contributed by atoms with Crippen molar-refractivity contribution in [1.82, 2.24) is 30.0 Å². The first-order valence-corrected chi connectivity index (χ1v) is 11.2. The summed E-state index contributed by atoms with van der Waals surface area (Å²) < 4.78 is 45.7. The molecule has 0 saturated carbocycles. The van der Waals surface area contributed by atoms with Gasteiger partial charge in [-0.05, 0) is 52.2 Å². The second-order valence-corrected chi connectivity index (χ2v) is 8.66. The number of likely N-dealkylation sites (N-methyl/N-ethyl adjacent to an activating group) is 1. The van der Waals surface area contributed by atoms with Crippen LogP contribution in [0.2, 0.25) is 0 Å². The van der Waals surface area contributed by atoms with E-state index in [0.29, 0.717) is 26.1 Å². The summed E-state index contributed by atoms with van der Waals surface area (Å²) in [5, 5.41) is 11.1. The highest BCUT2D eigenvalue weighted by Crippen LogP contribution is 2.29. The lowest BCUT2D eigenvalue weighted by Gasteiger charge is -2.42. The molecule has 0 aliphatic carbocycles. The summed E-state index contributed by atoms with van der Waals surface area (Å²) in [6, 6.07) is 12.6. The van der Waals surface area contributed by atoms with E-state index in [2.05, 4.69) is 20.4 Å². The van der Waals surface area contributed by atoms with Crippen molar-refractivity contribution < 1.29 is 22.7 Å². The third-order valence-corrected chi connectivity index (χ3v) is 6.39. The summed E-state index contributed by atoms with van der Waals surface area (Å²) in [5.41, 5.74) is 1.84. The van der Waals surface area contributed by atoms with E-state index in [0.717, 1.165) is 28.9 Å². The number of carbonyl (C=O) groups excluding carboxylic acids is 1. The van der Waals surface area contributed by atoms with Gasteiger partial charge in [0.25, 0.3) is 0 Å². The van der Waals surface area contributed by atoms with Gasteiger partial charge in [0.2, 0.25) is 5.91 Å². The number of amides is 1. The standard InChI is InChI=1S/C24H27F3N6O2/c1-31(23(34)13-17-5-9-20(10-6-17)33-16-28-29-30-33)21-11-12-32(15-22(21)35-2)14-18-3-7-19(8-4-18)24(25,26)27/h3-10,16,21-22H,11-15H2,1-2H3/t21-,22+/m0/s1. The van der Waals surface area contributed by atoms with Crippen molar-refractivity contribution in [3.8, 4) is 5.69 Å². The molecule has 2 aromatic carbocycles. The maximum atomic E-state index is 13.0. The van der Waals surface area contributed by atoms with Crippen LogP contribution in [0.5, 0.6) is 0 Å². The van der Waals surface area contributed by atoms with Crippen LogP contribution >= 0.6 is 0 Å². The molecule has 11 heteroatoms. The Balaban J connectivity index is 1.33. The number of methoxy groups -OCH3 is 1. The lowest BCUT2D eigenvalue weighted by molar-refractivity contribution is -0.138. The van der Waals surface area contributed by atoms with E-state index in [4.69, 9.17) is 4.74 Å². The molecule has 0 spiro atoms. The highest BCUT2D eigenvalue weighted by Gasteiger charge is 2.34. The Morgan fingerprint density at radius 1 is 1.11 bits per heavy atom. The number of carbonyl (C=O) groups is 1. The van der Waals surface area contributed by atoms with Crippen molar-refractivity contribution >= 4 is 5.91 Å². The second-order valence-electron chi connectivity index (χ2n) is 8.66. The number of aromatic nitrogens is 4. The number of hydrogen-bond donors (Lipinski definition) is 0. The summed E-state index contributed by atoms with van der Waals surface area (Å²) in [7, 11) is 3.41. The number of benzene rings is 2. The molecular weight excluding hydrogens is 461 g/mol. The predicted molar refractivity (Wildman–Crippen MR) is 122 cm³/mol. The molecular formula is C24H27F3N6O2. The van der Waals surface area contributed by atoms with E-state index in [9.17, 15) is 18.0 Å². The van der Waals surface area contributed by atoms with Gasteiger partial charge in [0, 0.05) is 33.8 Å².